The zero-order valence-corrected chi connectivity index (χ0v) is 11.0. The number of carbonyl (C=O) groups is 1. The van der Waals surface area contributed by atoms with E-state index in [9.17, 15) is 4.79 Å². The monoisotopic (exact) mass is 270 g/mol. The molecule has 102 valence electrons. The fraction of sp³-hybridized carbons (Fsp3) is 0.200. The molecule has 0 radical (unpaired) electrons. The molecule has 0 fully saturated rings. The van der Waals surface area contributed by atoms with Crippen molar-refractivity contribution >= 4 is 11.6 Å². The molecule has 0 aliphatic heterocycles. The van der Waals surface area contributed by atoms with Crippen molar-refractivity contribution < 1.29 is 14.4 Å². The fourth-order valence-electron chi connectivity index (χ4n) is 1.57. The molecule has 0 atom stereocenters. The van der Waals surface area contributed by atoms with Crippen LogP contribution in [-0.2, 0) is 0 Å². The lowest BCUT2D eigenvalue weighted by atomic mass is 10.1. The van der Waals surface area contributed by atoms with E-state index in [2.05, 4.69) is 26.8 Å². The van der Waals surface area contributed by atoms with E-state index in [4.69, 9.17) is 5.11 Å². The van der Waals surface area contributed by atoms with E-state index < -0.39 is 0 Å². The van der Waals surface area contributed by atoms with Gasteiger partial charge >= 0.3 is 0 Å². The van der Waals surface area contributed by atoms with Crippen molar-refractivity contribution in [3.63, 3.8) is 0 Å². The first-order valence-electron chi connectivity index (χ1n) is 6.13. The third kappa shape index (κ3) is 3.46. The maximum absolute atomic E-state index is 11.8. The number of nitrogens with zero attached hydrogens (tertiary/aromatic N) is 1. The highest BCUT2D eigenvalue weighted by atomic mass is 16.5. The van der Waals surface area contributed by atoms with Crippen LogP contribution in [-0.4, -0.2) is 22.8 Å². The molecule has 1 heterocycles. The Bertz CT molecular complexity index is 651. The summed E-state index contributed by atoms with van der Waals surface area (Å²) < 4.78 is 4.62. The van der Waals surface area contributed by atoms with Gasteiger partial charge in [-0.1, -0.05) is 23.1 Å². The standard InChI is InChI=1S/C15H14N2O3/c1-11-5-6-13(10-12(11)4-2-3-8-18)16-15(19)14-7-9-20-17-14/h5-7,9-10,18H,3,8H2,1H3,(H,16,19). The molecular formula is C15H14N2O3. The molecule has 1 aromatic carbocycles. The summed E-state index contributed by atoms with van der Waals surface area (Å²) in [4.78, 5) is 11.8. The van der Waals surface area contributed by atoms with Gasteiger partial charge in [-0.15, -0.1) is 0 Å². The molecule has 0 unspecified atom stereocenters. The Morgan fingerprint density at radius 2 is 2.30 bits per heavy atom. The first kappa shape index (κ1) is 13.8. The van der Waals surface area contributed by atoms with Crippen LogP contribution in [0, 0.1) is 18.8 Å². The lowest BCUT2D eigenvalue weighted by Gasteiger charge is -2.05. The second kappa shape index (κ2) is 6.55. The summed E-state index contributed by atoms with van der Waals surface area (Å²) in [6.07, 6.45) is 1.77. The average molecular weight is 270 g/mol. The van der Waals surface area contributed by atoms with Crippen LogP contribution in [0.2, 0.25) is 0 Å². The summed E-state index contributed by atoms with van der Waals surface area (Å²) in [7, 11) is 0. The fourth-order valence-corrected chi connectivity index (χ4v) is 1.57. The van der Waals surface area contributed by atoms with Crippen LogP contribution in [0.4, 0.5) is 5.69 Å². The molecule has 1 amide bonds. The van der Waals surface area contributed by atoms with Gasteiger partial charge in [-0.2, -0.15) is 0 Å². The van der Waals surface area contributed by atoms with Gasteiger partial charge in [-0.05, 0) is 24.6 Å². The van der Waals surface area contributed by atoms with E-state index in [1.807, 2.05) is 13.0 Å². The summed E-state index contributed by atoms with van der Waals surface area (Å²) in [5.74, 6) is 5.49. The lowest BCUT2D eigenvalue weighted by molar-refractivity contribution is 0.101. The molecule has 0 spiro atoms. The number of anilines is 1. The van der Waals surface area contributed by atoms with Crippen molar-refractivity contribution in [1.82, 2.24) is 5.16 Å². The van der Waals surface area contributed by atoms with Gasteiger partial charge in [-0.25, -0.2) is 0 Å². The number of carbonyl (C=O) groups excluding carboxylic acids is 1. The predicted molar refractivity (Wildman–Crippen MR) is 74.2 cm³/mol. The molecule has 5 heteroatoms. The van der Waals surface area contributed by atoms with E-state index in [0.717, 1.165) is 11.1 Å². The molecular weight excluding hydrogens is 256 g/mol. The van der Waals surface area contributed by atoms with E-state index >= 15 is 0 Å². The largest absolute Gasteiger partial charge is 0.395 e. The summed E-state index contributed by atoms with van der Waals surface area (Å²) in [6, 6.07) is 6.95. The van der Waals surface area contributed by atoms with Crippen LogP contribution in [0.5, 0.6) is 0 Å². The third-order valence-electron chi connectivity index (χ3n) is 2.63. The first-order chi connectivity index (χ1) is 9.70. The van der Waals surface area contributed by atoms with Crippen LogP contribution >= 0.6 is 0 Å². The second-order valence-corrected chi connectivity index (χ2v) is 4.14. The summed E-state index contributed by atoms with van der Waals surface area (Å²) in [5.41, 5.74) is 2.68. The van der Waals surface area contributed by atoms with Crippen LogP contribution < -0.4 is 5.32 Å². The highest BCUT2D eigenvalue weighted by Crippen LogP contribution is 2.15. The SMILES string of the molecule is Cc1ccc(NC(=O)c2ccon2)cc1C#CCCO. The van der Waals surface area contributed by atoms with Crippen LogP contribution in [0.1, 0.15) is 28.0 Å². The molecule has 2 rings (SSSR count). The van der Waals surface area contributed by atoms with Gasteiger partial charge in [0.25, 0.3) is 5.91 Å². The lowest BCUT2D eigenvalue weighted by Crippen LogP contribution is -2.12. The average Bonchev–Trinajstić information content (AvgIpc) is 2.96. The third-order valence-corrected chi connectivity index (χ3v) is 2.63. The maximum atomic E-state index is 11.8. The van der Waals surface area contributed by atoms with Gasteiger partial charge < -0.3 is 14.9 Å². The normalized spacial score (nSPS) is 9.70. The smallest absolute Gasteiger partial charge is 0.277 e. The van der Waals surface area contributed by atoms with Gasteiger partial charge in [-0.3, -0.25) is 4.79 Å². The topological polar surface area (TPSA) is 75.4 Å². The van der Waals surface area contributed by atoms with E-state index in [1.165, 1.54) is 12.3 Å². The number of hydrogen-bond donors (Lipinski definition) is 2. The maximum Gasteiger partial charge on any atom is 0.277 e. The molecule has 20 heavy (non-hydrogen) atoms. The molecule has 0 saturated carbocycles. The van der Waals surface area contributed by atoms with Gasteiger partial charge in [0, 0.05) is 23.7 Å². The van der Waals surface area contributed by atoms with Crippen molar-refractivity contribution in [2.24, 2.45) is 0 Å². The minimum Gasteiger partial charge on any atom is -0.395 e. The van der Waals surface area contributed by atoms with Gasteiger partial charge in [0.15, 0.2) is 5.69 Å². The van der Waals surface area contributed by atoms with Crippen molar-refractivity contribution in [2.75, 3.05) is 11.9 Å². The van der Waals surface area contributed by atoms with Gasteiger partial charge in [0.2, 0.25) is 0 Å². The molecule has 0 aliphatic carbocycles. The Morgan fingerprint density at radius 1 is 1.45 bits per heavy atom. The molecule has 2 aromatic rings. The van der Waals surface area contributed by atoms with Gasteiger partial charge in [0.1, 0.15) is 6.26 Å². The number of nitrogens with one attached hydrogen (secondary N) is 1. The molecule has 1 aromatic heterocycles. The van der Waals surface area contributed by atoms with Crippen molar-refractivity contribution in [3.8, 4) is 11.8 Å². The Hall–Kier alpha value is -2.58. The zero-order valence-electron chi connectivity index (χ0n) is 11.0. The van der Waals surface area contributed by atoms with Crippen molar-refractivity contribution in [1.29, 1.82) is 0 Å². The Morgan fingerprint density at radius 3 is 3.00 bits per heavy atom. The summed E-state index contributed by atoms with van der Waals surface area (Å²) in [5, 5.41) is 15.0. The number of benzene rings is 1. The second-order valence-electron chi connectivity index (χ2n) is 4.14. The molecule has 0 aliphatic rings. The Balaban J connectivity index is 2.15. The van der Waals surface area contributed by atoms with Crippen LogP contribution in [0.25, 0.3) is 0 Å². The number of amides is 1. The van der Waals surface area contributed by atoms with E-state index in [0.29, 0.717) is 12.1 Å². The van der Waals surface area contributed by atoms with Crippen molar-refractivity contribution in [3.05, 3.63) is 47.3 Å². The number of aliphatic hydroxyl groups excluding tert-OH is 1. The number of hydrogen-bond acceptors (Lipinski definition) is 4. The minimum atomic E-state index is -0.336. The van der Waals surface area contributed by atoms with E-state index in [1.54, 1.807) is 12.1 Å². The number of aliphatic hydroxyl groups is 1. The van der Waals surface area contributed by atoms with Crippen LogP contribution in [0.15, 0.2) is 35.1 Å². The van der Waals surface area contributed by atoms with E-state index in [-0.39, 0.29) is 18.2 Å². The minimum absolute atomic E-state index is 0.0363. The highest BCUT2D eigenvalue weighted by molar-refractivity contribution is 6.02. The Labute approximate surface area is 116 Å². The van der Waals surface area contributed by atoms with Crippen LogP contribution in [0.3, 0.4) is 0 Å². The molecule has 2 N–H and O–H groups in total. The first-order valence-corrected chi connectivity index (χ1v) is 6.13. The number of aromatic nitrogens is 1. The number of aryl methyl sites for hydroxylation is 1. The van der Waals surface area contributed by atoms with Crippen molar-refractivity contribution in [2.45, 2.75) is 13.3 Å². The summed E-state index contributed by atoms with van der Waals surface area (Å²) in [6.45, 7) is 1.97. The summed E-state index contributed by atoms with van der Waals surface area (Å²) >= 11 is 0. The number of rotatable bonds is 3. The highest BCUT2D eigenvalue weighted by Gasteiger charge is 2.09. The molecule has 5 nitrogen and oxygen atoms in total. The Kier molecular flexibility index (Phi) is 4.53. The molecule has 0 bridgehead atoms. The zero-order chi connectivity index (χ0) is 14.4. The van der Waals surface area contributed by atoms with Gasteiger partial charge in [0.05, 0.1) is 6.61 Å². The molecule has 0 saturated heterocycles. The quantitative estimate of drug-likeness (QED) is 0.836. The predicted octanol–water partition coefficient (Wildman–Crippen LogP) is 1.97.